The van der Waals surface area contributed by atoms with Crippen LogP contribution in [0, 0.1) is 5.92 Å². The number of piperidine rings is 1. The van der Waals surface area contributed by atoms with Gasteiger partial charge in [0.05, 0.1) is 0 Å². The fraction of sp³-hybridized carbons (Fsp3) is 1.00. The fourth-order valence-corrected chi connectivity index (χ4v) is 1.82. The van der Waals surface area contributed by atoms with E-state index in [1.807, 2.05) is 0 Å². The predicted octanol–water partition coefficient (Wildman–Crippen LogP) is 1.33. The first-order chi connectivity index (χ1) is 5.70. The van der Waals surface area contributed by atoms with Crippen LogP contribution in [0.1, 0.15) is 26.2 Å². The second-order valence-corrected chi connectivity index (χ2v) is 4.26. The quantitative estimate of drug-likeness (QED) is 0.687. The topological polar surface area (TPSA) is 15.3 Å². The van der Waals surface area contributed by atoms with Crippen LogP contribution in [-0.2, 0) is 0 Å². The Bertz CT molecular complexity index is 117. The van der Waals surface area contributed by atoms with E-state index in [-0.39, 0.29) is 0 Å². The van der Waals surface area contributed by atoms with E-state index in [0.717, 1.165) is 12.0 Å². The zero-order valence-corrected chi connectivity index (χ0v) is 8.64. The van der Waals surface area contributed by atoms with Crippen LogP contribution in [0.2, 0.25) is 0 Å². The predicted molar refractivity (Wildman–Crippen MR) is 53.4 cm³/mol. The Kier molecular flexibility index (Phi) is 4.02. The van der Waals surface area contributed by atoms with Gasteiger partial charge < -0.3 is 10.2 Å². The molecule has 72 valence electrons. The molecule has 1 aliphatic heterocycles. The molecule has 0 saturated carbocycles. The van der Waals surface area contributed by atoms with Gasteiger partial charge in [0.2, 0.25) is 0 Å². The maximum Gasteiger partial charge on any atom is 0.00639 e. The lowest BCUT2D eigenvalue weighted by Crippen LogP contribution is -2.34. The molecule has 1 saturated heterocycles. The van der Waals surface area contributed by atoms with Gasteiger partial charge in [0.15, 0.2) is 0 Å². The number of nitrogens with one attached hydrogen (secondary N) is 1. The molecular formula is C10H22N2. The highest BCUT2D eigenvalue weighted by atomic mass is 15.1. The van der Waals surface area contributed by atoms with E-state index >= 15 is 0 Å². The summed E-state index contributed by atoms with van der Waals surface area (Å²) in [6.45, 7) is 4.78. The molecule has 2 nitrogen and oxygen atoms in total. The summed E-state index contributed by atoms with van der Waals surface area (Å²) in [5, 5.41) is 3.46. The van der Waals surface area contributed by atoms with Crippen molar-refractivity contribution in [3.05, 3.63) is 0 Å². The zero-order chi connectivity index (χ0) is 8.97. The Morgan fingerprint density at radius 1 is 1.50 bits per heavy atom. The van der Waals surface area contributed by atoms with Crippen molar-refractivity contribution in [2.75, 3.05) is 27.2 Å². The van der Waals surface area contributed by atoms with Crippen LogP contribution in [-0.4, -0.2) is 38.1 Å². The summed E-state index contributed by atoms with van der Waals surface area (Å²) >= 11 is 0. The molecule has 2 heteroatoms. The first kappa shape index (κ1) is 10.0. The lowest BCUT2D eigenvalue weighted by Gasteiger charge is -2.28. The van der Waals surface area contributed by atoms with Gasteiger partial charge in [-0.25, -0.2) is 0 Å². The number of hydrogen-bond donors (Lipinski definition) is 1. The molecule has 12 heavy (non-hydrogen) atoms. The molecule has 0 amide bonds. The van der Waals surface area contributed by atoms with E-state index in [0.29, 0.717) is 0 Å². The van der Waals surface area contributed by atoms with E-state index in [2.05, 4.69) is 31.2 Å². The van der Waals surface area contributed by atoms with Gasteiger partial charge in [0.25, 0.3) is 0 Å². The smallest absolute Gasteiger partial charge is 0.00639 e. The number of nitrogens with zero attached hydrogens (tertiary/aromatic N) is 1. The minimum absolute atomic E-state index is 0.731. The average Bonchev–Trinajstić information content (AvgIpc) is 2.06. The van der Waals surface area contributed by atoms with Gasteiger partial charge in [-0.1, -0.05) is 0 Å². The van der Waals surface area contributed by atoms with Gasteiger partial charge in [-0.05, 0) is 59.3 Å². The summed E-state index contributed by atoms with van der Waals surface area (Å²) in [5.41, 5.74) is 0. The highest BCUT2D eigenvalue weighted by Gasteiger charge is 2.16. The van der Waals surface area contributed by atoms with Crippen LogP contribution in [0.25, 0.3) is 0 Å². The van der Waals surface area contributed by atoms with E-state index in [1.165, 1.54) is 32.4 Å². The van der Waals surface area contributed by atoms with Crippen molar-refractivity contribution in [2.45, 2.75) is 32.2 Å². The van der Waals surface area contributed by atoms with E-state index in [9.17, 15) is 0 Å². The number of hydrogen-bond acceptors (Lipinski definition) is 2. The molecule has 1 heterocycles. The Balaban J connectivity index is 2.20. The molecule has 0 aromatic heterocycles. The molecule has 0 bridgehead atoms. The molecule has 0 radical (unpaired) electrons. The Labute approximate surface area is 76.3 Å². The standard InChI is InChI=1S/C10H22N2/c1-9(12(2)3)7-10-5-4-6-11-8-10/h9-11H,4-8H2,1-3H3. The number of rotatable bonds is 3. The molecule has 1 N–H and O–H groups in total. The average molecular weight is 170 g/mol. The van der Waals surface area contributed by atoms with E-state index in [4.69, 9.17) is 0 Å². The molecule has 2 atom stereocenters. The summed E-state index contributed by atoms with van der Waals surface area (Å²) in [6.07, 6.45) is 4.13. The monoisotopic (exact) mass is 170 g/mol. The van der Waals surface area contributed by atoms with Crippen molar-refractivity contribution in [3.63, 3.8) is 0 Å². The van der Waals surface area contributed by atoms with Gasteiger partial charge in [0, 0.05) is 6.04 Å². The molecule has 2 unspecified atom stereocenters. The third-order valence-corrected chi connectivity index (χ3v) is 2.95. The van der Waals surface area contributed by atoms with Crippen molar-refractivity contribution < 1.29 is 0 Å². The van der Waals surface area contributed by atoms with Crippen LogP contribution in [0.5, 0.6) is 0 Å². The Morgan fingerprint density at radius 2 is 2.25 bits per heavy atom. The van der Waals surface area contributed by atoms with E-state index < -0.39 is 0 Å². The van der Waals surface area contributed by atoms with Gasteiger partial charge in [-0.3, -0.25) is 0 Å². The fourth-order valence-electron chi connectivity index (χ4n) is 1.82. The third-order valence-electron chi connectivity index (χ3n) is 2.95. The Morgan fingerprint density at radius 3 is 2.75 bits per heavy atom. The summed E-state index contributed by atoms with van der Waals surface area (Å²) in [4.78, 5) is 2.31. The van der Waals surface area contributed by atoms with Gasteiger partial charge in [-0.15, -0.1) is 0 Å². The van der Waals surface area contributed by atoms with Crippen LogP contribution in [0.4, 0.5) is 0 Å². The van der Waals surface area contributed by atoms with Crippen molar-refractivity contribution in [1.82, 2.24) is 10.2 Å². The van der Waals surface area contributed by atoms with Crippen molar-refractivity contribution in [3.8, 4) is 0 Å². The van der Waals surface area contributed by atoms with Crippen LogP contribution in [0.15, 0.2) is 0 Å². The molecule has 0 aromatic carbocycles. The molecule has 0 aliphatic carbocycles. The highest BCUT2D eigenvalue weighted by Crippen LogP contribution is 2.17. The van der Waals surface area contributed by atoms with Crippen LogP contribution in [0.3, 0.4) is 0 Å². The van der Waals surface area contributed by atoms with E-state index in [1.54, 1.807) is 0 Å². The molecule has 1 fully saturated rings. The van der Waals surface area contributed by atoms with Crippen molar-refractivity contribution >= 4 is 0 Å². The normalized spacial score (nSPS) is 27.5. The SMILES string of the molecule is CC(CC1CCCNC1)N(C)C. The summed E-state index contributed by atoms with van der Waals surface area (Å²) in [7, 11) is 4.34. The summed E-state index contributed by atoms with van der Waals surface area (Å²) < 4.78 is 0. The van der Waals surface area contributed by atoms with Crippen molar-refractivity contribution in [1.29, 1.82) is 0 Å². The van der Waals surface area contributed by atoms with Crippen LogP contribution >= 0.6 is 0 Å². The van der Waals surface area contributed by atoms with Gasteiger partial charge in [0.1, 0.15) is 0 Å². The third kappa shape index (κ3) is 3.11. The molecule has 1 rings (SSSR count). The van der Waals surface area contributed by atoms with Gasteiger partial charge in [-0.2, -0.15) is 0 Å². The lowest BCUT2D eigenvalue weighted by atomic mass is 9.93. The molecule has 1 aliphatic rings. The lowest BCUT2D eigenvalue weighted by molar-refractivity contribution is 0.237. The first-order valence-corrected chi connectivity index (χ1v) is 5.07. The molecular weight excluding hydrogens is 148 g/mol. The second-order valence-electron chi connectivity index (χ2n) is 4.26. The Hall–Kier alpha value is -0.0800. The summed E-state index contributed by atoms with van der Waals surface area (Å²) in [5.74, 6) is 0.913. The first-order valence-electron chi connectivity index (χ1n) is 5.07. The molecule has 0 aromatic rings. The maximum absolute atomic E-state index is 3.46. The van der Waals surface area contributed by atoms with Gasteiger partial charge >= 0.3 is 0 Å². The maximum atomic E-state index is 3.46. The zero-order valence-electron chi connectivity index (χ0n) is 8.64. The molecule has 0 spiro atoms. The summed E-state index contributed by atoms with van der Waals surface area (Å²) in [6, 6.07) is 0.731. The largest absolute Gasteiger partial charge is 0.316 e. The van der Waals surface area contributed by atoms with Crippen molar-refractivity contribution in [2.24, 2.45) is 5.92 Å². The second kappa shape index (κ2) is 4.83. The highest BCUT2D eigenvalue weighted by molar-refractivity contribution is 4.73. The minimum Gasteiger partial charge on any atom is -0.316 e. The minimum atomic E-state index is 0.731. The van der Waals surface area contributed by atoms with Crippen LogP contribution < -0.4 is 5.32 Å².